The monoisotopic (exact) mass is 713 g/mol. The third kappa shape index (κ3) is 3.44. The Morgan fingerprint density at radius 3 is 1.64 bits per heavy atom. The van der Waals surface area contributed by atoms with Gasteiger partial charge in [0.2, 0.25) is 5.95 Å². The van der Waals surface area contributed by atoms with Crippen molar-refractivity contribution in [1.29, 1.82) is 0 Å². The van der Waals surface area contributed by atoms with Gasteiger partial charge >= 0.3 is 0 Å². The number of furan rings is 1. The fourth-order valence-electron chi connectivity index (χ4n) is 9.87. The molecule has 0 saturated carbocycles. The van der Waals surface area contributed by atoms with Gasteiger partial charge in [-0.3, -0.25) is 9.13 Å². The lowest BCUT2D eigenvalue weighted by molar-refractivity contribution is 0.661. The molecule has 6 nitrogen and oxygen atoms in total. The van der Waals surface area contributed by atoms with Crippen molar-refractivity contribution in [3.05, 3.63) is 164 Å². The third-order valence-electron chi connectivity index (χ3n) is 12.1. The highest BCUT2D eigenvalue weighted by Gasteiger charge is 2.27. The predicted molar refractivity (Wildman–Crippen MR) is 230 cm³/mol. The molecule has 6 aromatic heterocycles. The summed E-state index contributed by atoms with van der Waals surface area (Å²) >= 11 is 0. The lowest BCUT2D eigenvalue weighted by Crippen LogP contribution is -2.06. The van der Waals surface area contributed by atoms with E-state index >= 15 is 0 Å². The number of hydrogen-bond donors (Lipinski definition) is 0. The number of hydrogen-bond acceptors (Lipinski definition) is 3. The topological polar surface area (TPSA) is 53.2 Å². The first-order valence-electron chi connectivity index (χ1n) is 19.0. The Kier molecular flexibility index (Phi) is 5.18. The zero-order valence-corrected chi connectivity index (χ0v) is 29.7. The Morgan fingerprint density at radius 2 is 0.929 bits per heavy atom. The Morgan fingerprint density at radius 1 is 0.393 bits per heavy atom. The van der Waals surface area contributed by atoms with Crippen LogP contribution < -0.4 is 0 Å². The molecule has 14 aromatic rings. The first-order valence-corrected chi connectivity index (χ1v) is 19.0. The highest BCUT2D eigenvalue weighted by atomic mass is 16.3. The van der Waals surface area contributed by atoms with Crippen LogP contribution in [0, 0.1) is 0 Å². The van der Waals surface area contributed by atoms with E-state index in [9.17, 15) is 0 Å². The molecule has 6 heteroatoms. The van der Waals surface area contributed by atoms with Crippen molar-refractivity contribution in [3.63, 3.8) is 0 Å². The molecule has 0 saturated heterocycles. The molecule has 0 fully saturated rings. The maximum Gasteiger partial charge on any atom is 0.237 e. The van der Waals surface area contributed by atoms with Crippen molar-refractivity contribution >= 4 is 115 Å². The van der Waals surface area contributed by atoms with Crippen LogP contribution in [0.25, 0.3) is 126 Å². The van der Waals surface area contributed by atoms with E-state index in [-0.39, 0.29) is 0 Å². The highest BCUT2D eigenvalue weighted by molar-refractivity contribution is 6.35. The van der Waals surface area contributed by atoms with Crippen molar-refractivity contribution < 1.29 is 4.42 Å². The molecular weight excluding hydrogens is 687 g/mol. The number of fused-ring (bicyclic) bond motifs is 17. The van der Waals surface area contributed by atoms with Crippen LogP contribution in [0.5, 0.6) is 0 Å². The van der Waals surface area contributed by atoms with Crippen LogP contribution in [-0.2, 0) is 0 Å². The molecule has 0 aliphatic rings. The van der Waals surface area contributed by atoms with E-state index in [4.69, 9.17) is 14.4 Å². The van der Waals surface area contributed by atoms with Crippen LogP contribution >= 0.6 is 0 Å². The van der Waals surface area contributed by atoms with Crippen LogP contribution in [0.3, 0.4) is 0 Å². The van der Waals surface area contributed by atoms with Crippen LogP contribution in [-0.4, -0.2) is 23.5 Å². The summed E-state index contributed by atoms with van der Waals surface area (Å²) in [5.41, 5.74) is 10.1. The zero-order valence-electron chi connectivity index (χ0n) is 29.7. The molecule has 56 heavy (non-hydrogen) atoms. The summed E-state index contributed by atoms with van der Waals surface area (Å²) in [6.07, 6.45) is 0. The molecule has 6 heterocycles. The minimum absolute atomic E-state index is 0.597. The molecule has 0 aliphatic carbocycles. The molecule has 0 aliphatic heterocycles. The van der Waals surface area contributed by atoms with Gasteiger partial charge in [-0.1, -0.05) is 109 Å². The Bertz CT molecular complexity index is 3960. The molecule has 0 bridgehead atoms. The second-order valence-electron chi connectivity index (χ2n) is 15.0. The van der Waals surface area contributed by atoms with Gasteiger partial charge < -0.3 is 8.82 Å². The number of rotatable bonds is 2. The normalized spacial score (nSPS) is 12.6. The summed E-state index contributed by atoms with van der Waals surface area (Å²) in [6, 6.07) is 58.6. The van der Waals surface area contributed by atoms with E-state index in [1.165, 1.54) is 54.3 Å². The zero-order chi connectivity index (χ0) is 36.2. The van der Waals surface area contributed by atoms with Crippen molar-refractivity contribution in [2.45, 2.75) is 0 Å². The van der Waals surface area contributed by atoms with Gasteiger partial charge in [-0.2, -0.15) is 4.98 Å². The number of benzene rings is 8. The lowest BCUT2D eigenvalue weighted by Gasteiger charge is -2.12. The molecule has 8 aromatic carbocycles. The fourth-order valence-corrected chi connectivity index (χ4v) is 9.87. The van der Waals surface area contributed by atoms with Gasteiger partial charge in [0.05, 0.1) is 38.6 Å². The minimum atomic E-state index is 0.597. The Hall–Kier alpha value is -7.70. The van der Waals surface area contributed by atoms with E-state index < -0.39 is 0 Å². The summed E-state index contributed by atoms with van der Waals surface area (Å²) in [7, 11) is 0. The maximum atomic E-state index is 6.73. The summed E-state index contributed by atoms with van der Waals surface area (Å²) in [6.45, 7) is 0. The number of aromatic nitrogens is 5. The largest absolute Gasteiger partial charge is 0.450 e. The molecular formula is C50H27N5O. The smallest absolute Gasteiger partial charge is 0.237 e. The quantitative estimate of drug-likeness (QED) is 0.179. The first-order chi connectivity index (χ1) is 27.8. The van der Waals surface area contributed by atoms with Crippen LogP contribution in [0.1, 0.15) is 0 Å². The van der Waals surface area contributed by atoms with Gasteiger partial charge in [-0.25, -0.2) is 4.98 Å². The van der Waals surface area contributed by atoms with Crippen LogP contribution in [0.15, 0.2) is 168 Å². The molecule has 0 atom stereocenters. The van der Waals surface area contributed by atoms with Gasteiger partial charge in [0.15, 0.2) is 11.4 Å². The first kappa shape index (κ1) is 28.8. The molecule has 0 radical (unpaired) electrons. The molecule has 0 unspecified atom stereocenters. The third-order valence-corrected chi connectivity index (χ3v) is 12.1. The second-order valence-corrected chi connectivity index (χ2v) is 15.0. The maximum absolute atomic E-state index is 6.73. The van der Waals surface area contributed by atoms with E-state index in [2.05, 4.69) is 165 Å². The number of nitrogens with zero attached hydrogens (tertiary/aromatic N) is 5. The van der Waals surface area contributed by atoms with Crippen LogP contribution in [0.2, 0.25) is 0 Å². The van der Waals surface area contributed by atoms with Gasteiger partial charge in [-0.05, 0) is 65.4 Å². The number of para-hydroxylation sites is 5. The fraction of sp³-hybridized carbons (Fsp3) is 0. The van der Waals surface area contributed by atoms with E-state index in [0.29, 0.717) is 17.3 Å². The molecule has 0 amide bonds. The van der Waals surface area contributed by atoms with E-state index in [1.54, 1.807) is 0 Å². The van der Waals surface area contributed by atoms with Crippen molar-refractivity contribution in [1.82, 2.24) is 23.5 Å². The standard InChI is InChI=1S/C50H27N5O/c1-2-14-29-26-42-37(25-28(29)13-1)44-46-35(32-17-5-8-20-38(32)53(42)46)27-36-33-18-6-11-23-41(33)55(47(36)44)50-51-45-34-19-7-12-24-43(34)56-48(45)49(52-50)54-39-21-9-3-15-30(39)31-16-4-10-22-40(31)54/h1-27H. The summed E-state index contributed by atoms with van der Waals surface area (Å²) in [4.78, 5) is 11.1. The molecule has 14 rings (SSSR count). The minimum Gasteiger partial charge on any atom is -0.450 e. The van der Waals surface area contributed by atoms with Crippen molar-refractivity contribution in [2.75, 3.05) is 0 Å². The predicted octanol–water partition coefficient (Wildman–Crippen LogP) is 12.9. The SMILES string of the molecule is c1ccc2cc3c(cc2c1)c1c2c(cc4c5ccccc5n3c41)c1ccccc1n2-c1nc(-n2c3ccccc3c3ccccc32)c2oc3ccccc3c2n1. The molecule has 0 spiro atoms. The second kappa shape index (κ2) is 10.1. The van der Waals surface area contributed by atoms with E-state index in [1.807, 2.05) is 12.1 Å². The molecule has 0 N–H and O–H groups in total. The van der Waals surface area contributed by atoms with Gasteiger partial charge in [-0.15, -0.1) is 0 Å². The van der Waals surface area contributed by atoms with Gasteiger partial charge in [0, 0.05) is 48.5 Å². The summed E-state index contributed by atoms with van der Waals surface area (Å²) in [5.74, 6) is 1.31. The van der Waals surface area contributed by atoms with Crippen molar-refractivity contribution in [2.24, 2.45) is 0 Å². The average Bonchev–Trinajstić information content (AvgIpc) is 4.04. The lowest BCUT2D eigenvalue weighted by atomic mass is 10.0. The van der Waals surface area contributed by atoms with Crippen molar-refractivity contribution in [3.8, 4) is 11.8 Å². The average molecular weight is 714 g/mol. The van der Waals surface area contributed by atoms with E-state index in [0.717, 1.165) is 54.7 Å². The highest BCUT2D eigenvalue weighted by Crippen LogP contribution is 2.47. The van der Waals surface area contributed by atoms with Crippen LogP contribution in [0.4, 0.5) is 0 Å². The van der Waals surface area contributed by atoms with Gasteiger partial charge in [0.25, 0.3) is 0 Å². The molecule has 258 valence electrons. The Labute approximate surface area is 317 Å². The van der Waals surface area contributed by atoms with Gasteiger partial charge in [0.1, 0.15) is 11.1 Å². The Balaban J connectivity index is 1.23. The summed E-state index contributed by atoms with van der Waals surface area (Å²) in [5, 5.41) is 12.9. The summed E-state index contributed by atoms with van der Waals surface area (Å²) < 4.78 is 13.8.